The van der Waals surface area contributed by atoms with Gasteiger partial charge in [-0.25, -0.2) is 4.98 Å². The number of fused-ring (bicyclic) bond motifs is 1. The number of aromatic nitrogens is 7. The van der Waals surface area contributed by atoms with Gasteiger partial charge in [0.15, 0.2) is 0 Å². The van der Waals surface area contributed by atoms with Crippen molar-refractivity contribution in [2.75, 3.05) is 5.32 Å². The molecule has 5 aromatic heterocycles. The van der Waals surface area contributed by atoms with Crippen molar-refractivity contribution >= 4 is 33.5 Å². The highest BCUT2D eigenvalue weighted by atomic mass is 32.1. The van der Waals surface area contributed by atoms with Crippen molar-refractivity contribution in [2.24, 2.45) is 7.05 Å². The van der Waals surface area contributed by atoms with E-state index < -0.39 is 0 Å². The van der Waals surface area contributed by atoms with Crippen LogP contribution < -0.4 is 10.1 Å². The Morgan fingerprint density at radius 1 is 1.20 bits per heavy atom. The predicted octanol–water partition coefficient (Wildman–Crippen LogP) is 3.64. The van der Waals surface area contributed by atoms with E-state index in [4.69, 9.17) is 4.74 Å². The summed E-state index contributed by atoms with van der Waals surface area (Å²) in [6, 6.07) is 9.60. The Morgan fingerprint density at radius 2 is 2.13 bits per heavy atom. The number of nitrogens with one attached hydrogen (secondary N) is 1. The SMILES string of the molecule is Cc1cc(Nc2nc(OCc3ccccn3)c3c(ccn3-c3cnn(C)c3)n2)sn1. The maximum atomic E-state index is 6.10. The number of anilines is 2. The molecule has 0 bridgehead atoms. The number of pyridine rings is 1. The molecule has 0 spiro atoms. The van der Waals surface area contributed by atoms with E-state index in [2.05, 4.69) is 29.7 Å². The van der Waals surface area contributed by atoms with E-state index in [9.17, 15) is 0 Å². The zero-order valence-corrected chi connectivity index (χ0v) is 17.2. The fourth-order valence-electron chi connectivity index (χ4n) is 3.08. The highest BCUT2D eigenvalue weighted by Gasteiger charge is 2.16. The van der Waals surface area contributed by atoms with Crippen LogP contribution in [0.2, 0.25) is 0 Å². The molecular weight excluding hydrogens is 400 g/mol. The molecule has 0 aliphatic rings. The molecule has 0 radical (unpaired) electrons. The summed E-state index contributed by atoms with van der Waals surface area (Å²) in [4.78, 5) is 13.6. The zero-order chi connectivity index (χ0) is 20.5. The zero-order valence-electron chi connectivity index (χ0n) is 16.4. The van der Waals surface area contributed by atoms with E-state index in [0.29, 0.717) is 18.4 Å². The lowest BCUT2D eigenvalue weighted by Gasteiger charge is -2.11. The van der Waals surface area contributed by atoms with Gasteiger partial charge in [-0.2, -0.15) is 14.5 Å². The molecule has 0 saturated carbocycles. The van der Waals surface area contributed by atoms with Crippen molar-refractivity contribution in [1.82, 2.24) is 33.7 Å². The van der Waals surface area contributed by atoms with Gasteiger partial charge in [0.1, 0.15) is 17.1 Å². The maximum Gasteiger partial charge on any atom is 0.244 e. The molecule has 0 fully saturated rings. The van der Waals surface area contributed by atoms with Gasteiger partial charge in [-0.15, -0.1) is 0 Å². The van der Waals surface area contributed by atoms with Gasteiger partial charge in [0, 0.05) is 25.6 Å². The normalized spacial score (nSPS) is 11.1. The van der Waals surface area contributed by atoms with Crippen LogP contribution in [-0.2, 0) is 13.7 Å². The second-order valence-corrected chi connectivity index (χ2v) is 7.52. The Kier molecular flexibility index (Phi) is 4.60. The van der Waals surface area contributed by atoms with E-state index >= 15 is 0 Å². The Bertz CT molecular complexity index is 1310. The molecular formula is C20H18N8OS. The molecule has 10 heteroatoms. The third-order valence-electron chi connectivity index (χ3n) is 4.42. The molecule has 0 unspecified atom stereocenters. The lowest BCUT2D eigenvalue weighted by molar-refractivity contribution is 0.292. The third kappa shape index (κ3) is 3.60. The molecule has 0 amide bonds. The van der Waals surface area contributed by atoms with Gasteiger partial charge in [0.2, 0.25) is 11.8 Å². The molecule has 5 aromatic rings. The summed E-state index contributed by atoms with van der Waals surface area (Å²) in [6.45, 7) is 2.24. The summed E-state index contributed by atoms with van der Waals surface area (Å²) in [7, 11) is 1.88. The standard InChI is InChI=1S/C20H18N8OS/c1-13-9-17(30-26-13)24-20-23-16-6-8-28(15-10-22-27(2)11-15)18(16)19(25-20)29-12-14-5-3-4-7-21-14/h3-11H,12H2,1-2H3,(H,23,24,25). The molecule has 1 N–H and O–H groups in total. The van der Waals surface area contributed by atoms with E-state index in [0.717, 1.165) is 33.1 Å². The largest absolute Gasteiger partial charge is 0.470 e. The molecule has 0 aliphatic heterocycles. The summed E-state index contributed by atoms with van der Waals surface area (Å²) in [5.41, 5.74) is 4.19. The second-order valence-electron chi connectivity index (χ2n) is 6.71. The van der Waals surface area contributed by atoms with Gasteiger partial charge < -0.3 is 14.6 Å². The number of hydrogen-bond acceptors (Lipinski definition) is 8. The average molecular weight is 418 g/mol. The summed E-state index contributed by atoms with van der Waals surface area (Å²) in [6.07, 6.45) is 7.39. The first kappa shape index (κ1) is 18.3. The van der Waals surface area contributed by atoms with Crippen LogP contribution in [0.5, 0.6) is 5.88 Å². The highest BCUT2D eigenvalue weighted by molar-refractivity contribution is 7.10. The van der Waals surface area contributed by atoms with Gasteiger partial charge in [-0.3, -0.25) is 9.67 Å². The minimum atomic E-state index is 0.296. The van der Waals surface area contributed by atoms with Crippen LogP contribution in [-0.4, -0.2) is 33.7 Å². The van der Waals surface area contributed by atoms with E-state index in [1.807, 2.05) is 61.3 Å². The molecule has 30 heavy (non-hydrogen) atoms. The van der Waals surface area contributed by atoms with Crippen LogP contribution in [0.25, 0.3) is 16.7 Å². The van der Waals surface area contributed by atoms with Crippen molar-refractivity contribution < 1.29 is 4.74 Å². The van der Waals surface area contributed by atoms with E-state index in [1.165, 1.54) is 11.5 Å². The van der Waals surface area contributed by atoms with Gasteiger partial charge in [0.25, 0.3) is 0 Å². The number of nitrogens with zero attached hydrogens (tertiary/aromatic N) is 7. The molecule has 0 aliphatic carbocycles. The van der Waals surface area contributed by atoms with Crippen LogP contribution in [0.1, 0.15) is 11.4 Å². The molecule has 5 heterocycles. The van der Waals surface area contributed by atoms with Crippen molar-refractivity contribution in [3.05, 3.63) is 66.5 Å². The molecule has 0 saturated heterocycles. The van der Waals surface area contributed by atoms with Crippen molar-refractivity contribution in [3.8, 4) is 11.6 Å². The Hall–Kier alpha value is -3.79. The Morgan fingerprint density at radius 3 is 2.87 bits per heavy atom. The van der Waals surface area contributed by atoms with Crippen LogP contribution in [0.3, 0.4) is 0 Å². The van der Waals surface area contributed by atoms with Crippen LogP contribution in [0, 0.1) is 6.92 Å². The lowest BCUT2D eigenvalue weighted by atomic mass is 10.4. The van der Waals surface area contributed by atoms with Crippen molar-refractivity contribution in [3.63, 3.8) is 0 Å². The molecule has 0 aromatic carbocycles. The van der Waals surface area contributed by atoms with E-state index in [1.54, 1.807) is 17.1 Å². The van der Waals surface area contributed by atoms with Crippen LogP contribution in [0.4, 0.5) is 10.9 Å². The molecule has 5 rings (SSSR count). The summed E-state index contributed by atoms with van der Waals surface area (Å²) < 4.78 is 14.1. The van der Waals surface area contributed by atoms with Crippen molar-refractivity contribution in [2.45, 2.75) is 13.5 Å². The number of rotatable bonds is 6. The summed E-state index contributed by atoms with van der Waals surface area (Å²) in [5.74, 6) is 0.911. The summed E-state index contributed by atoms with van der Waals surface area (Å²) in [5, 5.41) is 8.36. The van der Waals surface area contributed by atoms with Crippen LogP contribution in [0.15, 0.2) is 55.1 Å². The van der Waals surface area contributed by atoms with Gasteiger partial charge in [-0.05, 0) is 42.7 Å². The Labute approximate surface area is 176 Å². The average Bonchev–Trinajstić information content (AvgIpc) is 3.47. The minimum Gasteiger partial charge on any atom is -0.470 e. The lowest BCUT2D eigenvalue weighted by Crippen LogP contribution is -2.05. The first-order chi connectivity index (χ1) is 14.7. The molecule has 150 valence electrons. The first-order valence-electron chi connectivity index (χ1n) is 9.27. The quantitative estimate of drug-likeness (QED) is 0.450. The van der Waals surface area contributed by atoms with Gasteiger partial charge in [0.05, 0.1) is 28.8 Å². The number of aryl methyl sites for hydroxylation is 2. The monoisotopic (exact) mass is 418 g/mol. The van der Waals surface area contributed by atoms with Gasteiger partial charge >= 0.3 is 0 Å². The van der Waals surface area contributed by atoms with E-state index in [-0.39, 0.29) is 0 Å². The topological polar surface area (TPSA) is 95.6 Å². The third-order valence-corrected chi connectivity index (χ3v) is 5.21. The molecule has 0 atom stereocenters. The fraction of sp³-hybridized carbons (Fsp3) is 0.150. The molecule has 9 nitrogen and oxygen atoms in total. The highest BCUT2D eigenvalue weighted by Crippen LogP contribution is 2.30. The van der Waals surface area contributed by atoms with Crippen molar-refractivity contribution in [1.29, 1.82) is 0 Å². The smallest absolute Gasteiger partial charge is 0.244 e. The second kappa shape index (κ2) is 7.56. The number of ether oxygens (including phenoxy) is 1. The minimum absolute atomic E-state index is 0.296. The predicted molar refractivity (Wildman–Crippen MR) is 114 cm³/mol. The summed E-state index contributed by atoms with van der Waals surface area (Å²) >= 11 is 1.36. The van der Waals surface area contributed by atoms with Gasteiger partial charge in [-0.1, -0.05) is 6.07 Å². The number of hydrogen-bond donors (Lipinski definition) is 1. The first-order valence-corrected chi connectivity index (χ1v) is 10.0. The Balaban J connectivity index is 1.57. The fourth-order valence-corrected chi connectivity index (χ4v) is 3.73. The van der Waals surface area contributed by atoms with Crippen LogP contribution >= 0.6 is 11.5 Å². The maximum absolute atomic E-state index is 6.10.